The third kappa shape index (κ3) is 7.27. The minimum Gasteiger partial charge on any atom is -0.497 e. The van der Waals surface area contributed by atoms with Gasteiger partial charge in [-0.05, 0) is 24.6 Å². The monoisotopic (exact) mass is 564 g/mol. The lowest BCUT2D eigenvalue weighted by Crippen LogP contribution is -2.46. The van der Waals surface area contributed by atoms with Crippen molar-refractivity contribution in [3.63, 3.8) is 0 Å². The lowest BCUT2D eigenvalue weighted by atomic mass is 10.0. The van der Waals surface area contributed by atoms with Gasteiger partial charge in [-0.25, -0.2) is 9.98 Å². The van der Waals surface area contributed by atoms with Gasteiger partial charge in [-0.3, -0.25) is 9.47 Å². The van der Waals surface area contributed by atoms with Gasteiger partial charge in [0.15, 0.2) is 5.96 Å². The Balaban J connectivity index is 0.00000363. The van der Waals surface area contributed by atoms with E-state index in [0.717, 1.165) is 29.0 Å². The standard InChI is InChI=1S/C21H30F2N6O2.HI/c1-3-24-21(27-15-19-25-8-9-29(19)20(22)23)26-14-18(28-10-12-31-13-11-28)16-4-6-17(30-2)7-5-16;/h4-9,18,20H,3,10-15H2,1-2H3,(H2,24,26,27);1H. The van der Waals surface area contributed by atoms with E-state index in [1.54, 1.807) is 7.11 Å². The van der Waals surface area contributed by atoms with E-state index in [1.165, 1.54) is 12.4 Å². The van der Waals surface area contributed by atoms with Crippen LogP contribution in [0, 0.1) is 0 Å². The number of alkyl halides is 2. The fourth-order valence-electron chi connectivity index (χ4n) is 3.50. The molecule has 1 aliphatic heterocycles. The molecule has 0 spiro atoms. The maximum absolute atomic E-state index is 13.1. The zero-order valence-corrected chi connectivity index (χ0v) is 20.7. The topological polar surface area (TPSA) is 75.9 Å². The molecule has 32 heavy (non-hydrogen) atoms. The summed E-state index contributed by atoms with van der Waals surface area (Å²) in [6.07, 6.45) is 2.61. The van der Waals surface area contributed by atoms with Crippen LogP contribution >= 0.6 is 24.0 Å². The van der Waals surface area contributed by atoms with Gasteiger partial charge in [0, 0.05) is 38.6 Å². The molecule has 0 saturated carbocycles. The minimum absolute atomic E-state index is 0. The molecule has 178 valence electrons. The summed E-state index contributed by atoms with van der Waals surface area (Å²) in [7, 11) is 1.65. The molecule has 2 N–H and O–H groups in total. The Morgan fingerprint density at radius 3 is 2.56 bits per heavy atom. The molecule has 0 bridgehead atoms. The fraction of sp³-hybridized carbons (Fsp3) is 0.524. The van der Waals surface area contributed by atoms with Crippen molar-refractivity contribution >= 4 is 29.9 Å². The van der Waals surface area contributed by atoms with E-state index in [1.807, 2.05) is 19.1 Å². The van der Waals surface area contributed by atoms with Crippen LogP contribution in [-0.4, -0.2) is 66.9 Å². The third-order valence-corrected chi connectivity index (χ3v) is 5.13. The number of imidazole rings is 1. The summed E-state index contributed by atoms with van der Waals surface area (Å²) in [4.78, 5) is 10.8. The summed E-state index contributed by atoms with van der Waals surface area (Å²) in [6, 6.07) is 8.12. The molecule has 2 heterocycles. The highest BCUT2D eigenvalue weighted by atomic mass is 127. The first-order chi connectivity index (χ1) is 15.1. The Hall–Kier alpha value is -1.99. The van der Waals surface area contributed by atoms with Crippen LogP contribution in [0.15, 0.2) is 41.7 Å². The molecule has 1 saturated heterocycles. The van der Waals surface area contributed by atoms with Crippen LogP contribution < -0.4 is 15.4 Å². The summed E-state index contributed by atoms with van der Waals surface area (Å²) in [5.74, 6) is 1.58. The zero-order valence-electron chi connectivity index (χ0n) is 18.3. The molecule has 1 aromatic carbocycles. The highest BCUT2D eigenvalue weighted by molar-refractivity contribution is 14.0. The Kier molecular flexibility index (Phi) is 11.1. The predicted octanol–water partition coefficient (Wildman–Crippen LogP) is 3.03. The van der Waals surface area contributed by atoms with Gasteiger partial charge in [-0.15, -0.1) is 24.0 Å². The van der Waals surface area contributed by atoms with E-state index >= 15 is 0 Å². The van der Waals surface area contributed by atoms with Gasteiger partial charge in [0.05, 0.1) is 26.4 Å². The highest BCUT2D eigenvalue weighted by Crippen LogP contribution is 2.23. The first-order valence-corrected chi connectivity index (χ1v) is 10.4. The molecule has 11 heteroatoms. The maximum atomic E-state index is 13.1. The second kappa shape index (κ2) is 13.5. The van der Waals surface area contributed by atoms with Crippen LogP contribution in [0.2, 0.25) is 0 Å². The number of aromatic nitrogens is 2. The average molecular weight is 564 g/mol. The third-order valence-electron chi connectivity index (χ3n) is 5.13. The number of halogens is 3. The fourth-order valence-corrected chi connectivity index (χ4v) is 3.50. The van der Waals surface area contributed by atoms with E-state index in [9.17, 15) is 8.78 Å². The molecule has 0 amide bonds. The number of ether oxygens (including phenoxy) is 2. The second-order valence-electron chi connectivity index (χ2n) is 7.04. The molecule has 1 fully saturated rings. The molecule has 3 rings (SSSR count). The molecule has 1 aliphatic rings. The molecule has 0 aliphatic carbocycles. The van der Waals surface area contributed by atoms with Crippen molar-refractivity contribution in [3.8, 4) is 5.75 Å². The molecule has 0 radical (unpaired) electrons. The number of methoxy groups -OCH3 is 1. The number of hydrogen-bond acceptors (Lipinski definition) is 5. The van der Waals surface area contributed by atoms with Crippen LogP contribution in [0.4, 0.5) is 8.78 Å². The van der Waals surface area contributed by atoms with Crippen molar-refractivity contribution in [3.05, 3.63) is 48.0 Å². The number of nitrogens with one attached hydrogen (secondary N) is 2. The number of nitrogens with zero attached hydrogens (tertiary/aromatic N) is 4. The number of guanidine groups is 1. The van der Waals surface area contributed by atoms with Crippen molar-refractivity contribution in [1.82, 2.24) is 25.1 Å². The van der Waals surface area contributed by atoms with Gasteiger partial charge in [0.1, 0.15) is 18.1 Å². The van der Waals surface area contributed by atoms with Gasteiger partial charge in [0.25, 0.3) is 0 Å². The normalized spacial score (nSPS) is 15.8. The van der Waals surface area contributed by atoms with Crippen molar-refractivity contribution in [2.75, 3.05) is 46.5 Å². The van der Waals surface area contributed by atoms with Gasteiger partial charge < -0.3 is 20.1 Å². The number of aliphatic imine (C=N–C) groups is 1. The Labute approximate surface area is 204 Å². The molecule has 8 nitrogen and oxygen atoms in total. The smallest absolute Gasteiger partial charge is 0.319 e. The average Bonchev–Trinajstić information content (AvgIpc) is 3.28. The van der Waals surface area contributed by atoms with Crippen LogP contribution in [0.25, 0.3) is 0 Å². The molecule has 1 unspecified atom stereocenters. The van der Waals surface area contributed by atoms with Gasteiger partial charge in [0.2, 0.25) is 0 Å². The predicted molar refractivity (Wildman–Crippen MR) is 130 cm³/mol. The molecular formula is C21H31F2IN6O2. The van der Waals surface area contributed by atoms with E-state index in [-0.39, 0.29) is 42.4 Å². The van der Waals surface area contributed by atoms with Gasteiger partial charge in [-0.1, -0.05) is 12.1 Å². The quantitative estimate of drug-likeness (QED) is 0.277. The SMILES string of the molecule is CCNC(=NCc1nccn1C(F)F)NCC(c1ccc(OC)cc1)N1CCOCC1.I. The van der Waals surface area contributed by atoms with Crippen LogP contribution in [0.1, 0.15) is 30.9 Å². The Morgan fingerprint density at radius 2 is 1.94 bits per heavy atom. The first-order valence-electron chi connectivity index (χ1n) is 10.4. The lowest BCUT2D eigenvalue weighted by molar-refractivity contribution is 0.0170. The Morgan fingerprint density at radius 1 is 1.22 bits per heavy atom. The van der Waals surface area contributed by atoms with Gasteiger partial charge >= 0.3 is 6.55 Å². The van der Waals surface area contributed by atoms with E-state index < -0.39 is 6.55 Å². The highest BCUT2D eigenvalue weighted by Gasteiger charge is 2.23. The summed E-state index contributed by atoms with van der Waals surface area (Å²) in [5, 5.41) is 6.53. The van der Waals surface area contributed by atoms with Crippen molar-refractivity contribution in [1.29, 1.82) is 0 Å². The maximum Gasteiger partial charge on any atom is 0.319 e. The molecular weight excluding hydrogens is 533 g/mol. The first kappa shape index (κ1) is 26.3. The summed E-state index contributed by atoms with van der Waals surface area (Å²) in [6.45, 7) is 3.67. The van der Waals surface area contributed by atoms with Crippen molar-refractivity contribution in [2.24, 2.45) is 4.99 Å². The number of benzene rings is 1. The van der Waals surface area contributed by atoms with Crippen LogP contribution in [0.3, 0.4) is 0 Å². The number of morpholine rings is 1. The summed E-state index contributed by atoms with van der Waals surface area (Å²) in [5.41, 5.74) is 1.15. The Bertz CT molecular complexity index is 828. The largest absolute Gasteiger partial charge is 0.497 e. The lowest BCUT2D eigenvalue weighted by Gasteiger charge is -2.35. The number of hydrogen-bond donors (Lipinski definition) is 2. The van der Waals surface area contributed by atoms with Gasteiger partial charge in [-0.2, -0.15) is 8.78 Å². The van der Waals surface area contributed by atoms with E-state index in [2.05, 4.69) is 37.6 Å². The second-order valence-corrected chi connectivity index (χ2v) is 7.04. The molecule has 2 aromatic rings. The zero-order chi connectivity index (χ0) is 22.1. The summed E-state index contributed by atoms with van der Waals surface area (Å²) >= 11 is 0. The summed E-state index contributed by atoms with van der Waals surface area (Å²) < 4.78 is 37.7. The van der Waals surface area contributed by atoms with Crippen molar-refractivity contribution < 1.29 is 18.3 Å². The van der Waals surface area contributed by atoms with E-state index in [0.29, 0.717) is 32.3 Å². The minimum atomic E-state index is -2.64. The molecule has 1 atom stereocenters. The van der Waals surface area contributed by atoms with Crippen LogP contribution in [0.5, 0.6) is 5.75 Å². The number of rotatable bonds is 9. The van der Waals surface area contributed by atoms with Crippen LogP contribution in [-0.2, 0) is 11.3 Å². The molecule has 1 aromatic heterocycles. The van der Waals surface area contributed by atoms with E-state index in [4.69, 9.17) is 9.47 Å². The van der Waals surface area contributed by atoms with Crippen molar-refractivity contribution in [2.45, 2.75) is 26.1 Å².